The molecule has 0 radical (unpaired) electrons. The van der Waals surface area contributed by atoms with Crippen molar-refractivity contribution in [2.24, 2.45) is 0 Å². The van der Waals surface area contributed by atoms with E-state index in [9.17, 15) is 0 Å². The molecule has 2 aromatic rings. The third-order valence-corrected chi connectivity index (χ3v) is 4.07. The van der Waals surface area contributed by atoms with Crippen LogP contribution in [0.3, 0.4) is 0 Å². The van der Waals surface area contributed by atoms with Gasteiger partial charge in [-0.05, 0) is 33.8 Å². The molecule has 1 heterocycles. The van der Waals surface area contributed by atoms with Crippen molar-refractivity contribution in [3.63, 3.8) is 0 Å². The number of para-hydroxylation sites is 1. The zero-order chi connectivity index (χ0) is 15.5. The fourth-order valence-corrected chi connectivity index (χ4v) is 2.79. The number of halogens is 1. The fraction of sp³-hybridized carbons (Fsp3) is 0.438. The maximum Gasteiger partial charge on any atom is 0.142 e. The van der Waals surface area contributed by atoms with Crippen molar-refractivity contribution in [3.05, 3.63) is 44.9 Å². The Morgan fingerprint density at radius 3 is 2.71 bits per heavy atom. The molecule has 2 rings (SSSR count). The van der Waals surface area contributed by atoms with Crippen LogP contribution in [-0.4, -0.2) is 10.5 Å². The lowest BCUT2D eigenvalue weighted by molar-refractivity contribution is 0.303. The summed E-state index contributed by atoms with van der Waals surface area (Å²) in [5.74, 6) is 0.752. The van der Waals surface area contributed by atoms with Gasteiger partial charge in [-0.25, -0.2) is 4.98 Å². The first-order chi connectivity index (χ1) is 9.85. The fourth-order valence-electron chi connectivity index (χ4n) is 1.83. The van der Waals surface area contributed by atoms with Crippen LogP contribution in [0.2, 0.25) is 5.02 Å². The van der Waals surface area contributed by atoms with Crippen LogP contribution in [0.5, 0.6) is 5.75 Å². The van der Waals surface area contributed by atoms with Gasteiger partial charge in [-0.2, -0.15) is 0 Å². The summed E-state index contributed by atoms with van der Waals surface area (Å²) in [5.41, 5.74) is 1.12. The summed E-state index contributed by atoms with van der Waals surface area (Å²) in [6, 6.07) is 5.85. The van der Waals surface area contributed by atoms with Crippen molar-refractivity contribution in [1.82, 2.24) is 10.3 Å². The summed E-state index contributed by atoms with van der Waals surface area (Å²) in [6.45, 7) is 9.62. The highest BCUT2D eigenvalue weighted by atomic mass is 35.5. The molecule has 21 heavy (non-hydrogen) atoms. The molecule has 3 nitrogen and oxygen atoms in total. The largest absolute Gasteiger partial charge is 0.486 e. The van der Waals surface area contributed by atoms with Crippen LogP contribution in [0.25, 0.3) is 0 Å². The Balaban J connectivity index is 2.10. The van der Waals surface area contributed by atoms with Gasteiger partial charge >= 0.3 is 0 Å². The predicted molar refractivity (Wildman–Crippen MR) is 89.2 cm³/mol. The Labute approximate surface area is 135 Å². The van der Waals surface area contributed by atoms with Crippen LogP contribution < -0.4 is 10.1 Å². The maximum atomic E-state index is 6.29. The lowest BCUT2D eigenvalue weighted by atomic mass is 10.1. The molecule has 0 spiro atoms. The quantitative estimate of drug-likeness (QED) is 0.874. The van der Waals surface area contributed by atoms with Crippen LogP contribution in [0.15, 0.2) is 24.4 Å². The lowest BCUT2D eigenvalue weighted by Gasteiger charge is -2.22. The number of aryl methyl sites for hydroxylation is 1. The summed E-state index contributed by atoms with van der Waals surface area (Å²) in [6.07, 6.45) is 1.85. The second-order valence-electron chi connectivity index (χ2n) is 5.97. The normalized spacial score (nSPS) is 11.7. The highest BCUT2D eigenvalue weighted by molar-refractivity contribution is 7.11. The lowest BCUT2D eigenvalue weighted by Crippen LogP contribution is -2.35. The zero-order valence-corrected chi connectivity index (χ0v) is 14.4. The summed E-state index contributed by atoms with van der Waals surface area (Å²) >= 11 is 7.93. The average molecular weight is 325 g/mol. The summed E-state index contributed by atoms with van der Waals surface area (Å²) in [5, 5.41) is 5.15. The molecule has 1 N–H and O–H groups in total. The monoisotopic (exact) mass is 324 g/mol. The second-order valence-corrected chi connectivity index (χ2v) is 7.69. The van der Waals surface area contributed by atoms with Crippen molar-refractivity contribution >= 4 is 22.9 Å². The molecule has 0 aliphatic rings. The molecule has 0 fully saturated rings. The van der Waals surface area contributed by atoms with E-state index in [2.05, 4.69) is 31.1 Å². The Hall–Kier alpha value is -1.10. The van der Waals surface area contributed by atoms with Gasteiger partial charge in [-0.15, -0.1) is 11.3 Å². The van der Waals surface area contributed by atoms with Crippen molar-refractivity contribution in [3.8, 4) is 5.75 Å². The molecule has 0 aliphatic heterocycles. The third-order valence-electron chi connectivity index (χ3n) is 2.89. The maximum absolute atomic E-state index is 6.29. The van der Waals surface area contributed by atoms with E-state index >= 15 is 0 Å². The van der Waals surface area contributed by atoms with E-state index in [4.69, 9.17) is 16.3 Å². The molecular weight excluding hydrogens is 304 g/mol. The zero-order valence-electron chi connectivity index (χ0n) is 12.9. The SMILES string of the molecule is Cc1ncc(COc2c(Cl)cccc2CNC(C)(C)C)s1. The van der Waals surface area contributed by atoms with Crippen LogP contribution >= 0.6 is 22.9 Å². The minimum atomic E-state index is 0.0500. The molecule has 0 bridgehead atoms. The Morgan fingerprint density at radius 1 is 1.33 bits per heavy atom. The van der Waals surface area contributed by atoms with E-state index in [0.717, 1.165) is 27.7 Å². The highest BCUT2D eigenvalue weighted by Crippen LogP contribution is 2.30. The smallest absolute Gasteiger partial charge is 0.142 e. The summed E-state index contributed by atoms with van der Waals surface area (Å²) in [7, 11) is 0. The molecule has 1 aromatic heterocycles. The van der Waals surface area contributed by atoms with E-state index in [1.807, 2.05) is 31.3 Å². The van der Waals surface area contributed by atoms with Crippen molar-refractivity contribution < 1.29 is 4.74 Å². The first kappa shape index (κ1) is 16.3. The molecule has 1 aromatic carbocycles. The van der Waals surface area contributed by atoms with Crippen LogP contribution in [-0.2, 0) is 13.2 Å². The van der Waals surface area contributed by atoms with Crippen LogP contribution in [0.4, 0.5) is 0 Å². The first-order valence-electron chi connectivity index (χ1n) is 6.92. The van der Waals surface area contributed by atoms with Gasteiger partial charge < -0.3 is 10.1 Å². The minimum Gasteiger partial charge on any atom is -0.486 e. The summed E-state index contributed by atoms with van der Waals surface area (Å²) < 4.78 is 5.93. The third kappa shape index (κ3) is 4.99. The van der Waals surface area contributed by atoms with Gasteiger partial charge in [0, 0.05) is 23.8 Å². The molecular formula is C16H21ClN2OS. The van der Waals surface area contributed by atoms with E-state index in [1.54, 1.807) is 11.3 Å². The van der Waals surface area contributed by atoms with Gasteiger partial charge in [0.25, 0.3) is 0 Å². The van der Waals surface area contributed by atoms with Gasteiger partial charge in [0.1, 0.15) is 12.4 Å². The van der Waals surface area contributed by atoms with Gasteiger partial charge in [0.05, 0.1) is 14.9 Å². The second kappa shape index (κ2) is 6.77. The van der Waals surface area contributed by atoms with E-state index in [0.29, 0.717) is 11.6 Å². The summed E-state index contributed by atoms with van der Waals surface area (Å²) in [4.78, 5) is 5.33. The molecule has 0 saturated heterocycles. The van der Waals surface area contributed by atoms with Gasteiger partial charge in [0.2, 0.25) is 0 Å². The van der Waals surface area contributed by atoms with E-state index < -0.39 is 0 Å². The number of rotatable bonds is 5. The number of nitrogens with zero attached hydrogens (tertiary/aromatic N) is 1. The van der Waals surface area contributed by atoms with Crippen molar-refractivity contribution in [2.45, 2.75) is 46.4 Å². The average Bonchev–Trinajstić information content (AvgIpc) is 2.80. The topological polar surface area (TPSA) is 34.1 Å². The van der Waals surface area contributed by atoms with Gasteiger partial charge in [0.15, 0.2) is 0 Å². The predicted octanol–water partition coefficient (Wildman–Crippen LogP) is 4.57. The Morgan fingerprint density at radius 2 is 2.10 bits per heavy atom. The molecule has 0 amide bonds. The Kier molecular flexibility index (Phi) is 5.25. The number of hydrogen-bond acceptors (Lipinski definition) is 4. The molecule has 0 saturated carbocycles. The number of ether oxygens (including phenoxy) is 1. The molecule has 114 valence electrons. The van der Waals surface area contributed by atoms with E-state index in [1.165, 1.54) is 0 Å². The highest BCUT2D eigenvalue weighted by Gasteiger charge is 2.13. The van der Waals surface area contributed by atoms with Crippen LogP contribution in [0.1, 0.15) is 36.2 Å². The number of aromatic nitrogens is 1. The first-order valence-corrected chi connectivity index (χ1v) is 8.11. The number of benzene rings is 1. The molecule has 0 unspecified atom stereocenters. The van der Waals surface area contributed by atoms with Crippen LogP contribution in [0, 0.1) is 6.92 Å². The van der Waals surface area contributed by atoms with Gasteiger partial charge in [-0.1, -0.05) is 23.7 Å². The number of nitrogens with one attached hydrogen (secondary N) is 1. The molecule has 5 heteroatoms. The standard InChI is InChI=1S/C16H21ClN2OS/c1-11-18-9-13(21-11)10-20-15-12(6-5-7-14(15)17)8-19-16(2,3)4/h5-7,9,19H,8,10H2,1-4H3. The molecule has 0 atom stereocenters. The number of thiazole rings is 1. The molecule has 0 aliphatic carbocycles. The van der Waals surface area contributed by atoms with Crippen molar-refractivity contribution in [2.75, 3.05) is 0 Å². The van der Waals surface area contributed by atoms with Crippen molar-refractivity contribution in [1.29, 1.82) is 0 Å². The number of hydrogen-bond donors (Lipinski definition) is 1. The minimum absolute atomic E-state index is 0.0500. The Bertz CT molecular complexity index is 605. The van der Waals surface area contributed by atoms with E-state index in [-0.39, 0.29) is 5.54 Å². The van der Waals surface area contributed by atoms with Gasteiger partial charge in [-0.3, -0.25) is 0 Å².